The number of hydrogen-bond acceptors (Lipinski definition) is 8. The second-order valence-electron chi connectivity index (χ2n) is 14.9. The van der Waals surface area contributed by atoms with Crippen molar-refractivity contribution in [3.05, 3.63) is 72.6 Å². The molecular formula is C41H52N8O6. The minimum atomic E-state index is -0.692. The summed E-state index contributed by atoms with van der Waals surface area (Å²) in [6.07, 6.45) is 6.55. The SMILES string of the molecule is CCC(=O)N[C@H](C(=O)N1CCC[C@H]1c1ncc(-c2ccc(Oc3ccc(-c4cnc([C@@H]5CCCN5C(=O)[C@@H](NC(=O)OC)C(C)C)[nH]4)cc3)cc2)[nH]1)C(C)C. The van der Waals surface area contributed by atoms with Gasteiger partial charge in [-0.2, -0.15) is 0 Å². The Morgan fingerprint density at radius 3 is 1.56 bits per heavy atom. The molecule has 0 unspecified atom stereocenters. The molecule has 4 heterocycles. The number of carbonyl (C=O) groups is 4. The monoisotopic (exact) mass is 752 g/mol. The molecule has 0 radical (unpaired) electrons. The Kier molecular flexibility index (Phi) is 12.2. The predicted molar refractivity (Wildman–Crippen MR) is 207 cm³/mol. The number of aromatic nitrogens is 4. The van der Waals surface area contributed by atoms with E-state index in [-0.39, 0.29) is 41.6 Å². The lowest BCUT2D eigenvalue weighted by molar-refractivity contribution is -0.138. The summed E-state index contributed by atoms with van der Waals surface area (Å²) in [7, 11) is 1.29. The average Bonchev–Trinajstić information content (AvgIpc) is 4.02. The van der Waals surface area contributed by atoms with Gasteiger partial charge in [-0.15, -0.1) is 0 Å². The van der Waals surface area contributed by atoms with E-state index in [1.54, 1.807) is 24.2 Å². The summed E-state index contributed by atoms with van der Waals surface area (Å²) in [5.41, 5.74) is 3.52. The van der Waals surface area contributed by atoms with Crippen molar-refractivity contribution in [1.29, 1.82) is 0 Å². The van der Waals surface area contributed by atoms with Crippen molar-refractivity contribution >= 4 is 23.8 Å². The fraction of sp³-hybridized carbons (Fsp3) is 0.463. The Hall–Kier alpha value is -5.66. The number of nitrogens with one attached hydrogen (secondary N) is 4. The van der Waals surface area contributed by atoms with Gasteiger partial charge in [0.2, 0.25) is 17.7 Å². The fourth-order valence-corrected chi connectivity index (χ4v) is 7.32. The molecule has 0 spiro atoms. The highest BCUT2D eigenvalue weighted by molar-refractivity contribution is 5.88. The van der Waals surface area contributed by atoms with Gasteiger partial charge in [0.25, 0.3) is 0 Å². The molecule has 4 atom stereocenters. The summed E-state index contributed by atoms with van der Waals surface area (Å²) in [5.74, 6) is 2.29. The highest BCUT2D eigenvalue weighted by Crippen LogP contribution is 2.35. The highest BCUT2D eigenvalue weighted by Gasteiger charge is 2.38. The number of benzene rings is 2. The number of rotatable bonds is 13. The van der Waals surface area contributed by atoms with Crippen molar-refractivity contribution in [2.24, 2.45) is 11.8 Å². The van der Waals surface area contributed by atoms with Crippen LogP contribution in [0.4, 0.5) is 4.79 Å². The summed E-state index contributed by atoms with van der Waals surface area (Å²) < 4.78 is 10.9. The van der Waals surface area contributed by atoms with Crippen molar-refractivity contribution in [1.82, 2.24) is 40.4 Å². The first-order chi connectivity index (χ1) is 26.5. The zero-order valence-corrected chi connectivity index (χ0v) is 32.4. The number of likely N-dealkylation sites (tertiary alicyclic amines) is 2. The van der Waals surface area contributed by atoms with E-state index in [4.69, 9.17) is 9.47 Å². The molecule has 0 saturated carbocycles. The molecule has 6 rings (SSSR count). The third-order valence-electron chi connectivity index (χ3n) is 10.4. The molecule has 4 N–H and O–H groups in total. The molecule has 2 aliphatic rings. The largest absolute Gasteiger partial charge is 0.457 e. The van der Waals surface area contributed by atoms with Crippen molar-refractivity contribution in [3.63, 3.8) is 0 Å². The van der Waals surface area contributed by atoms with Gasteiger partial charge in [-0.3, -0.25) is 14.4 Å². The number of alkyl carbamates (subject to hydrolysis) is 1. The summed E-state index contributed by atoms with van der Waals surface area (Å²) in [4.78, 5) is 70.9. The van der Waals surface area contributed by atoms with Crippen LogP contribution < -0.4 is 15.4 Å². The van der Waals surface area contributed by atoms with Crippen LogP contribution in [0, 0.1) is 11.8 Å². The molecule has 14 heteroatoms. The molecule has 2 aliphatic heterocycles. The summed E-state index contributed by atoms with van der Waals surface area (Å²) in [5, 5.41) is 5.59. The number of aromatic amines is 2. The molecule has 14 nitrogen and oxygen atoms in total. The summed E-state index contributed by atoms with van der Waals surface area (Å²) in [6.45, 7) is 10.7. The number of nitrogens with zero attached hydrogens (tertiary/aromatic N) is 4. The number of hydrogen-bond donors (Lipinski definition) is 4. The van der Waals surface area contributed by atoms with Gasteiger partial charge in [-0.1, -0.05) is 34.6 Å². The third kappa shape index (κ3) is 8.84. The van der Waals surface area contributed by atoms with Crippen LogP contribution in [0.2, 0.25) is 0 Å². The van der Waals surface area contributed by atoms with E-state index in [2.05, 4.69) is 30.6 Å². The molecule has 2 fully saturated rings. The van der Waals surface area contributed by atoms with Gasteiger partial charge >= 0.3 is 6.09 Å². The number of carbonyl (C=O) groups excluding carboxylic acids is 4. The number of H-pyrrole nitrogens is 2. The van der Waals surface area contributed by atoms with E-state index < -0.39 is 18.2 Å². The van der Waals surface area contributed by atoms with E-state index in [0.29, 0.717) is 36.8 Å². The lowest BCUT2D eigenvalue weighted by atomic mass is 10.0. The number of ether oxygens (including phenoxy) is 2. The number of imidazole rings is 2. The molecule has 2 aromatic heterocycles. The molecule has 2 aromatic carbocycles. The Morgan fingerprint density at radius 1 is 0.727 bits per heavy atom. The minimum absolute atomic E-state index is 0.0313. The Bertz CT molecular complexity index is 1810. The first-order valence-corrected chi connectivity index (χ1v) is 19.2. The number of methoxy groups -OCH3 is 1. The lowest BCUT2D eigenvalue weighted by Crippen LogP contribution is -2.51. The van der Waals surface area contributed by atoms with E-state index in [9.17, 15) is 19.2 Å². The lowest BCUT2D eigenvalue weighted by Gasteiger charge is -2.30. The van der Waals surface area contributed by atoms with Crippen molar-refractivity contribution < 1.29 is 28.7 Å². The smallest absolute Gasteiger partial charge is 0.407 e. The predicted octanol–water partition coefficient (Wildman–Crippen LogP) is 6.52. The molecule has 0 bridgehead atoms. The van der Waals surface area contributed by atoms with Crippen LogP contribution in [0.1, 0.15) is 90.5 Å². The second kappa shape index (κ2) is 17.2. The Balaban J connectivity index is 1.07. The molecule has 4 amide bonds. The van der Waals surface area contributed by atoms with Gasteiger partial charge in [0, 0.05) is 19.5 Å². The van der Waals surface area contributed by atoms with Crippen LogP contribution >= 0.6 is 0 Å². The quantitative estimate of drug-likeness (QED) is 0.119. The van der Waals surface area contributed by atoms with Crippen LogP contribution in [0.3, 0.4) is 0 Å². The van der Waals surface area contributed by atoms with Gasteiger partial charge in [-0.25, -0.2) is 14.8 Å². The standard InChI is InChI=1S/C41H52N8O6/c1-7-34(50)46-35(24(2)3)39(51)48-20-8-10-32(48)37-42-22-30(44-37)26-12-16-28(17-13-26)55-29-18-14-27(15-19-29)31-23-43-38(45-31)33-11-9-21-49(33)40(52)36(25(4)5)47-41(53)54-6/h12-19,22-25,32-33,35-36H,7-11,20-21H2,1-6H3,(H,42,44)(H,43,45)(H,46,50)(H,47,53)/t32-,33-,35-,36-/m0/s1. The van der Waals surface area contributed by atoms with E-state index in [0.717, 1.165) is 54.0 Å². The van der Waals surface area contributed by atoms with Gasteiger partial charge in [0.15, 0.2) is 0 Å². The average molecular weight is 753 g/mol. The van der Waals surface area contributed by atoms with Gasteiger partial charge in [-0.05, 0) is 97.2 Å². The molecule has 2 saturated heterocycles. The van der Waals surface area contributed by atoms with Crippen LogP contribution in [0.5, 0.6) is 11.5 Å². The topological polar surface area (TPSA) is 175 Å². The van der Waals surface area contributed by atoms with Crippen molar-refractivity contribution in [2.45, 2.75) is 90.9 Å². The summed E-state index contributed by atoms with van der Waals surface area (Å²) >= 11 is 0. The second-order valence-corrected chi connectivity index (χ2v) is 14.9. The zero-order chi connectivity index (χ0) is 39.2. The third-order valence-corrected chi connectivity index (χ3v) is 10.4. The maximum Gasteiger partial charge on any atom is 0.407 e. The maximum absolute atomic E-state index is 13.6. The Labute approximate surface area is 321 Å². The normalized spacial score (nSPS) is 18.0. The molecule has 55 heavy (non-hydrogen) atoms. The molecule has 0 aliphatic carbocycles. The highest BCUT2D eigenvalue weighted by atomic mass is 16.5. The molecular weight excluding hydrogens is 701 g/mol. The summed E-state index contributed by atoms with van der Waals surface area (Å²) in [6, 6.07) is 13.8. The molecule has 4 aromatic rings. The van der Waals surface area contributed by atoms with Gasteiger partial charge < -0.3 is 39.9 Å². The van der Waals surface area contributed by atoms with Gasteiger partial charge in [0.05, 0.1) is 43.0 Å². The Morgan fingerprint density at radius 2 is 1.16 bits per heavy atom. The number of amides is 4. The van der Waals surface area contributed by atoms with Gasteiger partial charge in [0.1, 0.15) is 35.2 Å². The van der Waals surface area contributed by atoms with Crippen LogP contribution in [-0.2, 0) is 19.1 Å². The first kappa shape index (κ1) is 39.0. The first-order valence-electron chi connectivity index (χ1n) is 19.2. The molecule has 292 valence electrons. The van der Waals surface area contributed by atoms with Crippen molar-refractivity contribution in [3.8, 4) is 34.0 Å². The zero-order valence-electron chi connectivity index (χ0n) is 32.4. The minimum Gasteiger partial charge on any atom is -0.457 e. The van der Waals surface area contributed by atoms with Crippen molar-refractivity contribution in [2.75, 3.05) is 20.2 Å². The van der Waals surface area contributed by atoms with Crippen LogP contribution in [0.15, 0.2) is 60.9 Å². The van der Waals surface area contributed by atoms with E-state index in [1.165, 1.54) is 7.11 Å². The van der Waals surface area contributed by atoms with Crippen LogP contribution in [0.25, 0.3) is 22.5 Å². The fourth-order valence-electron chi connectivity index (χ4n) is 7.32. The van der Waals surface area contributed by atoms with E-state index in [1.807, 2.05) is 81.1 Å². The van der Waals surface area contributed by atoms with E-state index >= 15 is 0 Å². The van der Waals surface area contributed by atoms with Crippen LogP contribution in [-0.4, -0.2) is 85.8 Å². The maximum atomic E-state index is 13.6.